The Morgan fingerprint density at radius 2 is 1.80 bits per heavy atom. The Morgan fingerprint density at radius 1 is 1.03 bits per heavy atom. The summed E-state index contributed by atoms with van der Waals surface area (Å²) in [6, 6.07) is 15.5. The summed E-state index contributed by atoms with van der Waals surface area (Å²) in [7, 11) is 0. The van der Waals surface area contributed by atoms with Gasteiger partial charge in [0.25, 0.3) is 0 Å². The molecule has 0 radical (unpaired) electrons. The highest BCUT2D eigenvalue weighted by Crippen LogP contribution is 2.35. The monoisotopic (exact) mass is 426 g/mol. The summed E-state index contributed by atoms with van der Waals surface area (Å²) in [6.07, 6.45) is -0.377. The number of thiocarbonyl (C=S) groups is 1. The maximum Gasteiger partial charge on any atom is 0.182 e. The van der Waals surface area contributed by atoms with Gasteiger partial charge in [0.15, 0.2) is 10.9 Å². The van der Waals surface area contributed by atoms with Crippen LogP contribution in [0.1, 0.15) is 6.04 Å². The highest BCUT2D eigenvalue weighted by Gasteiger charge is 2.49. The summed E-state index contributed by atoms with van der Waals surface area (Å²) in [5, 5.41) is 18.9. The summed E-state index contributed by atoms with van der Waals surface area (Å²) < 4.78 is 26.9. The van der Waals surface area contributed by atoms with Gasteiger partial charge >= 0.3 is 0 Å². The maximum atomic E-state index is 13.1. The minimum atomic E-state index is -0.297. The lowest BCUT2D eigenvalue weighted by Gasteiger charge is -2.20. The topological polar surface area (TPSA) is 86.1 Å². The molecule has 2 aromatic carbocycles. The largest absolute Gasteiger partial charge is 0.371 e. The molecule has 2 aliphatic rings. The molecule has 0 unspecified atom stereocenters. The molecule has 30 heavy (non-hydrogen) atoms. The first-order valence-electron chi connectivity index (χ1n) is 9.58. The van der Waals surface area contributed by atoms with Gasteiger partial charge in [0, 0.05) is 11.3 Å². The predicted octanol–water partition coefficient (Wildman–Crippen LogP) is 2.17. The average Bonchev–Trinajstić information content (AvgIpc) is 3.48. The molecule has 0 amide bonds. The van der Waals surface area contributed by atoms with Crippen LogP contribution < -0.4 is 10.6 Å². The average molecular weight is 426 g/mol. The summed E-state index contributed by atoms with van der Waals surface area (Å²) in [5.74, 6) is 0.382. The fourth-order valence-corrected chi connectivity index (χ4v) is 4.14. The van der Waals surface area contributed by atoms with E-state index in [-0.39, 0.29) is 30.1 Å². The van der Waals surface area contributed by atoms with Crippen molar-refractivity contribution in [3.8, 4) is 11.4 Å². The third-order valence-corrected chi connectivity index (χ3v) is 5.50. The quantitative estimate of drug-likeness (QED) is 0.614. The molecule has 4 atom stereocenters. The molecule has 2 aliphatic heterocycles. The van der Waals surface area contributed by atoms with E-state index in [0.29, 0.717) is 29.8 Å². The van der Waals surface area contributed by atoms with Crippen molar-refractivity contribution in [1.82, 2.24) is 25.5 Å². The van der Waals surface area contributed by atoms with E-state index >= 15 is 0 Å². The highest BCUT2D eigenvalue weighted by atomic mass is 32.1. The summed E-state index contributed by atoms with van der Waals surface area (Å²) >= 11 is 5.39. The van der Waals surface area contributed by atoms with Crippen LogP contribution in [0.3, 0.4) is 0 Å². The van der Waals surface area contributed by atoms with E-state index in [1.165, 1.54) is 12.1 Å². The number of ether oxygens (including phenoxy) is 2. The summed E-state index contributed by atoms with van der Waals surface area (Å²) in [5.41, 5.74) is 1.64. The highest BCUT2D eigenvalue weighted by molar-refractivity contribution is 7.80. The molecular formula is C20H19FN6O2S. The molecule has 2 fully saturated rings. The zero-order valence-corrected chi connectivity index (χ0v) is 16.6. The van der Waals surface area contributed by atoms with Gasteiger partial charge in [-0.05, 0) is 46.9 Å². The number of fused-ring (bicyclic) bond motifs is 1. The van der Waals surface area contributed by atoms with Crippen molar-refractivity contribution in [3.05, 3.63) is 60.4 Å². The number of anilines is 1. The molecule has 3 aromatic rings. The third kappa shape index (κ3) is 3.64. The van der Waals surface area contributed by atoms with Gasteiger partial charge in [-0.2, -0.15) is 0 Å². The molecule has 0 spiro atoms. The van der Waals surface area contributed by atoms with Crippen molar-refractivity contribution in [2.24, 2.45) is 0 Å². The molecule has 3 heterocycles. The summed E-state index contributed by atoms with van der Waals surface area (Å²) in [6.45, 7) is 0.885. The van der Waals surface area contributed by atoms with Crippen molar-refractivity contribution in [2.45, 2.75) is 24.3 Å². The molecule has 154 valence electrons. The first kappa shape index (κ1) is 19.0. The van der Waals surface area contributed by atoms with Gasteiger partial charge in [0.05, 0.1) is 19.3 Å². The van der Waals surface area contributed by atoms with Crippen LogP contribution >= 0.6 is 12.2 Å². The van der Waals surface area contributed by atoms with E-state index < -0.39 is 0 Å². The molecule has 0 saturated carbocycles. The van der Waals surface area contributed by atoms with E-state index in [1.54, 1.807) is 16.8 Å². The Morgan fingerprint density at radius 3 is 2.60 bits per heavy atom. The number of tetrazole rings is 1. The molecule has 5 rings (SSSR count). The SMILES string of the molecule is Fc1ccc(NC(=S)N[C@H]2CO[C@H]3[C@@H]2OC[C@@H]3n2nnnc2-c2ccccc2)cc1. The van der Waals surface area contributed by atoms with Crippen LogP contribution in [-0.4, -0.2) is 56.8 Å². The van der Waals surface area contributed by atoms with Crippen LogP contribution in [0, 0.1) is 5.82 Å². The Balaban J connectivity index is 1.26. The van der Waals surface area contributed by atoms with Crippen LogP contribution in [0.2, 0.25) is 0 Å². The van der Waals surface area contributed by atoms with Crippen molar-refractivity contribution in [2.75, 3.05) is 18.5 Å². The second-order valence-corrected chi connectivity index (χ2v) is 7.60. The van der Waals surface area contributed by atoms with Gasteiger partial charge in [-0.3, -0.25) is 0 Å². The van der Waals surface area contributed by atoms with Crippen LogP contribution in [-0.2, 0) is 9.47 Å². The number of nitrogens with one attached hydrogen (secondary N) is 2. The van der Waals surface area contributed by atoms with Gasteiger partial charge in [-0.15, -0.1) is 5.10 Å². The lowest BCUT2D eigenvalue weighted by molar-refractivity contribution is 0.0626. The molecule has 0 aliphatic carbocycles. The molecule has 1 aromatic heterocycles. The molecular weight excluding hydrogens is 407 g/mol. The Bertz CT molecular complexity index is 1030. The van der Waals surface area contributed by atoms with Crippen molar-refractivity contribution in [3.63, 3.8) is 0 Å². The number of aromatic nitrogens is 4. The normalized spacial score (nSPS) is 25.1. The molecule has 10 heteroatoms. The molecule has 8 nitrogen and oxygen atoms in total. The maximum absolute atomic E-state index is 13.1. The van der Waals surface area contributed by atoms with E-state index in [0.717, 1.165) is 5.56 Å². The number of rotatable bonds is 4. The number of nitrogens with zero attached hydrogens (tertiary/aromatic N) is 4. The minimum Gasteiger partial charge on any atom is -0.371 e. The molecule has 2 N–H and O–H groups in total. The predicted molar refractivity (Wildman–Crippen MR) is 111 cm³/mol. The minimum absolute atomic E-state index is 0.114. The third-order valence-electron chi connectivity index (χ3n) is 5.28. The Kier molecular flexibility index (Phi) is 5.11. The second-order valence-electron chi connectivity index (χ2n) is 7.19. The van der Waals surface area contributed by atoms with Crippen molar-refractivity contribution in [1.29, 1.82) is 0 Å². The van der Waals surface area contributed by atoms with Crippen LogP contribution in [0.25, 0.3) is 11.4 Å². The molecule has 2 saturated heterocycles. The first-order valence-corrected chi connectivity index (χ1v) is 9.99. The van der Waals surface area contributed by atoms with Crippen LogP contribution in [0.4, 0.5) is 10.1 Å². The Hall–Kier alpha value is -2.95. The van der Waals surface area contributed by atoms with E-state index in [4.69, 9.17) is 21.7 Å². The van der Waals surface area contributed by atoms with E-state index in [9.17, 15) is 4.39 Å². The smallest absolute Gasteiger partial charge is 0.182 e. The van der Waals surface area contributed by atoms with Crippen LogP contribution in [0.5, 0.6) is 0 Å². The summed E-state index contributed by atoms with van der Waals surface area (Å²) in [4.78, 5) is 0. The van der Waals surface area contributed by atoms with Crippen molar-refractivity contribution < 1.29 is 13.9 Å². The zero-order chi connectivity index (χ0) is 20.5. The lowest BCUT2D eigenvalue weighted by atomic mass is 10.1. The Labute approximate surface area is 177 Å². The van der Waals surface area contributed by atoms with E-state index in [1.807, 2.05) is 30.3 Å². The van der Waals surface area contributed by atoms with E-state index in [2.05, 4.69) is 26.2 Å². The number of hydrogen-bond donors (Lipinski definition) is 2. The fourth-order valence-electron chi connectivity index (χ4n) is 3.88. The first-order chi connectivity index (χ1) is 14.7. The number of benzene rings is 2. The number of halogens is 1. The van der Waals surface area contributed by atoms with Crippen molar-refractivity contribution >= 4 is 23.0 Å². The lowest BCUT2D eigenvalue weighted by Crippen LogP contribution is -2.45. The van der Waals surface area contributed by atoms with Gasteiger partial charge < -0.3 is 20.1 Å². The van der Waals surface area contributed by atoms with Crippen LogP contribution in [0.15, 0.2) is 54.6 Å². The fraction of sp³-hybridized carbons (Fsp3) is 0.300. The standard InChI is InChI=1S/C20H19FN6O2S/c21-13-6-8-14(9-7-13)22-20(30)23-15-10-28-18-16(11-29-17(15)18)27-19(24-25-26-27)12-4-2-1-3-5-12/h1-9,15-18H,10-11H2,(H2,22,23,30)/t15-,16-,17+,18+/m0/s1. The van der Waals surface area contributed by atoms with Gasteiger partial charge in [-0.1, -0.05) is 30.3 Å². The van der Waals surface area contributed by atoms with Gasteiger partial charge in [0.2, 0.25) is 0 Å². The zero-order valence-electron chi connectivity index (χ0n) is 15.8. The molecule has 0 bridgehead atoms. The van der Waals surface area contributed by atoms with Gasteiger partial charge in [0.1, 0.15) is 24.1 Å². The number of hydrogen-bond acceptors (Lipinski definition) is 6. The van der Waals surface area contributed by atoms with Gasteiger partial charge in [-0.25, -0.2) is 9.07 Å². The second kappa shape index (κ2) is 8.05.